The first-order chi connectivity index (χ1) is 9.61. The summed E-state index contributed by atoms with van der Waals surface area (Å²) in [6.07, 6.45) is 4.01. The summed E-state index contributed by atoms with van der Waals surface area (Å²) in [5.74, 6) is 0.283. The summed E-state index contributed by atoms with van der Waals surface area (Å²) >= 11 is 0. The van der Waals surface area contributed by atoms with E-state index in [2.05, 4.69) is 6.92 Å². The number of hydrogen-bond donors (Lipinski definition) is 0. The third-order valence-electron chi connectivity index (χ3n) is 4.24. The fourth-order valence-corrected chi connectivity index (χ4v) is 3.17. The third kappa shape index (κ3) is 3.64. The first-order valence-electron chi connectivity index (χ1n) is 7.82. The van der Waals surface area contributed by atoms with Gasteiger partial charge in [-0.1, -0.05) is 6.92 Å². The summed E-state index contributed by atoms with van der Waals surface area (Å²) in [5.41, 5.74) is 0. The number of likely N-dealkylation sites (tertiary alicyclic amines) is 2. The molecule has 2 heterocycles. The van der Waals surface area contributed by atoms with Crippen LogP contribution in [0.5, 0.6) is 0 Å². The summed E-state index contributed by atoms with van der Waals surface area (Å²) in [5, 5.41) is 0. The molecule has 1 unspecified atom stereocenters. The van der Waals surface area contributed by atoms with Crippen LogP contribution in [0.25, 0.3) is 0 Å². The average molecular weight is 282 g/mol. The van der Waals surface area contributed by atoms with Crippen LogP contribution in [0.15, 0.2) is 0 Å². The van der Waals surface area contributed by atoms with Crippen LogP contribution in [0.1, 0.15) is 39.5 Å². The highest BCUT2D eigenvalue weighted by atomic mass is 16.5. The van der Waals surface area contributed by atoms with Crippen molar-refractivity contribution >= 4 is 12.0 Å². The van der Waals surface area contributed by atoms with Gasteiger partial charge in [-0.2, -0.15) is 0 Å². The average Bonchev–Trinajstić information content (AvgIpc) is 2.47. The molecule has 2 saturated heterocycles. The number of carbonyl (C=O) groups excluding carboxylic acids is 2. The number of rotatable bonds is 2. The van der Waals surface area contributed by atoms with Gasteiger partial charge in [0.2, 0.25) is 0 Å². The van der Waals surface area contributed by atoms with Crippen molar-refractivity contribution in [3.05, 3.63) is 0 Å². The first-order valence-corrected chi connectivity index (χ1v) is 7.82. The molecule has 0 aliphatic carbocycles. The minimum absolute atomic E-state index is 0.102. The highest BCUT2D eigenvalue weighted by Crippen LogP contribution is 2.22. The Labute approximate surface area is 121 Å². The van der Waals surface area contributed by atoms with Crippen LogP contribution in [0.4, 0.5) is 4.79 Å². The van der Waals surface area contributed by atoms with E-state index in [1.54, 1.807) is 0 Å². The molecule has 0 saturated carbocycles. The number of piperidine rings is 2. The predicted octanol–water partition coefficient (Wildman–Crippen LogP) is 2.11. The van der Waals surface area contributed by atoms with Crippen LogP contribution >= 0.6 is 0 Å². The smallest absolute Gasteiger partial charge is 0.320 e. The number of amides is 2. The molecule has 20 heavy (non-hydrogen) atoms. The van der Waals surface area contributed by atoms with Gasteiger partial charge in [0.25, 0.3) is 0 Å². The number of ether oxygens (including phenoxy) is 1. The molecule has 0 radical (unpaired) electrons. The molecular formula is C15H26N2O3. The lowest BCUT2D eigenvalue weighted by molar-refractivity contribution is -0.149. The number of carbonyl (C=O) groups is 2. The minimum atomic E-state index is -0.156. The molecule has 2 aliphatic rings. The predicted molar refractivity (Wildman–Crippen MR) is 76.3 cm³/mol. The molecule has 2 aliphatic heterocycles. The molecule has 2 fully saturated rings. The minimum Gasteiger partial charge on any atom is -0.466 e. The Morgan fingerprint density at radius 3 is 2.40 bits per heavy atom. The van der Waals surface area contributed by atoms with Crippen LogP contribution in [0, 0.1) is 11.8 Å². The SMILES string of the molecule is CCOC(=O)[C@@H]1CCCN(C(=O)N2CCCC(C)C2)C1. The molecule has 2 amide bonds. The molecule has 5 nitrogen and oxygen atoms in total. The van der Waals surface area contributed by atoms with E-state index in [9.17, 15) is 9.59 Å². The van der Waals surface area contributed by atoms with E-state index in [1.165, 1.54) is 6.42 Å². The van der Waals surface area contributed by atoms with Crippen molar-refractivity contribution in [2.75, 3.05) is 32.8 Å². The maximum Gasteiger partial charge on any atom is 0.320 e. The highest BCUT2D eigenvalue weighted by Gasteiger charge is 2.32. The zero-order valence-electron chi connectivity index (χ0n) is 12.6. The van der Waals surface area contributed by atoms with Gasteiger partial charge < -0.3 is 14.5 Å². The lowest BCUT2D eigenvalue weighted by Crippen LogP contribution is -2.51. The summed E-state index contributed by atoms with van der Waals surface area (Å²) in [4.78, 5) is 28.1. The summed E-state index contributed by atoms with van der Waals surface area (Å²) in [7, 11) is 0. The van der Waals surface area contributed by atoms with E-state index < -0.39 is 0 Å². The molecule has 2 rings (SSSR count). The molecule has 0 bridgehead atoms. The second-order valence-corrected chi connectivity index (χ2v) is 6.01. The van der Waals surface area contributed by atoms with Gasteiger partial charge in [-0.25, -0.2) is 4.79 Å². The van der Waals surface area contributed by atoms with E-state index >= 15 is 0 Å². The van der Waals surface area contributed by atoms with Gasteiger partial charge in [-0.3, -0.25) is 4.79 Å². The quantitative estimate of drug-likeness (QED) is 0.729. The molecule has 5 heteroatoms. The second-order valence-electron chi connectivity index (χ2n) is 6.01. The van der Waals surface area contributed by atoms with Gasteiger partial charge in [0.15, 0.2) is 0 Å². The van der Waals surface area contributed by atoms with Gasteiger partial charge in [0.1, 0.15) is 0 Å². The van der Waals surface area contributed by atoms with Crippen LogP contribution in [-0.4, -0.2) is 54.6 Å². The zero-order chi connectivity index (χ0) is 14.5. The molecule has 2 atom stereocenters. The molecular weight excluding hydrogens is 256 g/mol. The van der Waals surface area contributed by atoms with Gasteiger partial charge in [0, 0.05) is 26.2 Å². The van der Waals surface area contributed by atoms with Gasteiger partial charge in [-0.15, -0.1) is 0 Å². The van der Waals surface area contributed by atoms with Crippen molar-refractivity contribution in [2.45, 2.75) is 39.5 Å². The number of nitrogens with zero attached hydrogens (tertiary/aromatic N) is 2. The van der Waals surface area contributed by atoms with Gasteiger partial charge in [-0.05, 0) is 38.5 Å². The maximum atomic E-state index is 12.5. The Kier molecular flexibility index (Phi) is 5.26. The first kappa shape index (κ1) is 15.1. The van der Waals surface area contributed by atoms with Crippen molar-refractivity contribution in [2.24, 2.45) is 11.8 Å². The normalized spacial score (nSPS) is 27.3. The maximum absolute atomic E-state index is 12.5. The Hall–Kier alpha value is -1.26. The largest absolute Gasteiger partial charge is 0.466 e. The van der Waals surface area contributed by atoms with Crippen molar-refractivity contribution < 1.29 is 14.3 Å². The summed E-state index contributed by atoms with van der Waals surface area (Å²) in [6, 6.07) is 0.102. The standard InChI is InChI=1S/C15H26N2O3/c1-3-20-14(18)13-7-5-9-17(11-13)15(19)16-8-4-6-12(2)10-16/h12-13H,3-11H2,1-2H3/t12?,13-/m1/s1. The molecule has 0 aromatic heterocycles. The lowest BCUT2D eigenvalue weighted by atomic mass is 9.98. The van der Waals surface area contributed by atoms with Crippen molar-refractivity contribution in [1.29, 1.82) is 0 Å². The van der Waals surface area contributed by atoms with E-state index in [1.807, 2.05) is 16.7 Å². The van der Waals surface area contributed by atoms with Crippen molar-refractivity contribution in [3.8, 4) is 0 Å². The zero-order valence-corrected chi connectivity index (χ0v) is 12.6. The summed E-state index contributed by atoms with van der Waals surface area (Å²) < 4.78 is 5.08. The molecule has 0 aromatic carbocycles. The topological polar surface area (TPSA) is 49.9 Å². The molecule has 0 aromatic rings. The Balaban J connectivity index is 1.91. The lowest BCUT2D eigenvalue weighted by Gasteiger charge is -2.38. The van der Waals surface area contributed by atoms with Crippen LogP contribution in [0.3, 0.4) is 0 Å². The molecule has 0 spiro atoms. The molecule has 114 valence electrons. The number of esters is 1. The fraction of sp³-hybridized carbons (Fsp3) is 0.867. The summed E-state index contributed by atoms with van der Waals surface area (Å²) in [6.45, 7) is 7.40. The Bertz CT molecular complexity index is 359. The van der Waals surface area contributed by atoms with E-state index in [0.717, 1.165) is 38.9 Å². The van der Waals surface area contributed by atoms with Crippen molar-refractivity contribution in [3.63, 3.8) is 0 Å². The van der Waals surface area contributed by atoms with Crippen LogP contribution in [0.2, 0.25) is 0 Å². The van der Waals surface area contributed by atoms with Gasteiger partial charge >= 0.3 is 12.0 Å². The van der Waals surface area contributed by atoms with E-state index in [-0.39, 0.29) is 17.9 Å². The van der Waals surface area contributed by atoms with E-state index in [4.69, 9.17) is 4.74 Å². The van der Waals surface area contributed by atoms with Crippen LogP contribution < -0.4 is 0 Å². The third-order valence-corrected chi connectivity index (χ3v) is 4.24. The number of urea groups is 1. The highest BCUT2D eigenvalue weighted by molar-refractivity contribution is 5.77. The number of hydrogen-bond acceptors (Lipinski definition) is 3. The van der Waals surface area contributed by atoms with Gasteiger partial charge in [0.05, 0.1) is 12.5 Å². The fourth-order valence-electron chi connectivity index (χ4n) is 3.17. The van der Waals surface area contributed by atoms with E-state index in [0.29, 0.717) is 19.1 Å². The second kappa shape index (κ2) is 6.95. The Morgan fingerprint density at radius 2 is 1.75 bits per heavy atom. The Morgan fingerprint density at radius 1 is 1.10 bits per heavy atom. The molecule has 0 N–H and O–H groups in total. The monoisotopic (exact) mass is 282 g/mol. The van der Waals surface area contributed by atoms with Crippen molar-refractivity contribution in [1.82, 2.24) is 9.80 Å². The van der Waals surface area contributed by atoms with Crippen LogP contribution in [-0.2, 0) is 9.53 Å².